The Labute approximate surface area is 97.8 Å². The number of hydrogen-bond donors (Lipinski definition) is 1. The van der Waals surface area contributed by atoms with Crippen molar-refractivity contribution in [3.63, 3.8) is 0 Å². The quantitative estimate of drug-likeness (QED) is 0.741. The van der Waals surface area contributed by atoms with Gasteiger partial charge in [0.2, 0.25) is 5.91 Å². The van der Waals surface area contributed by atoms with E-state index in [4.69, 9.17) is 11.6 Å². The van der Waals surface area contributed by atoms with Crippen LogP contribution in [0.5, 0.6) is 0 Å². The lowest BCUT2D eigenvalue weighted by molar-refractivity contribution is -0.122. The van der Waals surface area contributed by atoms with Crippen LogP contribution in [0.4, 0.5) is 0 Å². The topological polar surface area (TPSA) is 29.1 Å². The zero-order valence-electron chi connectivity index (χ0n) is 10.1. The van der Waals surface area contributed by atoms with Gasteiger partial charge < -0.3 is 5.32 Å². The average molecular weight is 232 g/mol. The maximum atomic E-state index is 11.5. The molecule has 0 spiro atoms. The Bertz CT molecular complexity index is 234. The fourth-order valence-electron chi connectivity index (χ4n) is 1.77. The normalized spacial score (nSPS) is 27.3. The van der Waals surface area contributed by atoms with Crippen molar-refractivity contribution < 1.29 is 4.79 Å². The molecule has 0 aromatic carbocycles. The highest BCUT2D eigenvalue weighted by Crippen LogP contribution is 2.37. The Balaban J connectivity index is 2.16. The fourth-order valence-corrected chi connectivity index (χ4v) is 2.31. The molecule has 0 heterocycles. The van der Waals surface area contributed by atoms with Crippen molar-refractivity contribution in [1.82, 2.24) is 5.32 Å². The Kier molecular flexibility index (Phi) is 4.05. The summed E-state index contributed by atoms with van der Waals surface area (Å²) >= 11 is 6.16. The molecule has 2 nitrogen and oxygen atoms in total. The molecule has 0 radical (unpaired) electrons. The predicted octanol–water partition coefficient (Wildman–Crippen LogP) is 2.80. The standard InChI is InChI=1S/C12H22ClNO/c1-8-5-10(8)11(15)14-7-9(13)6-12(2,3)4/h8-10H,5-7H2,1-4H3,(H,14,15). The molecule has 1 rings (SSSR count). The van der Waals surface area contributed by atoms with E-state index in [-0.39, 0.29) is 22.6 Å². The lowest BCUT2D eigenvalue weighted by Crippen LogP contribution is -2.32. The fraction of sp³-hybridized carbons (Fsp3) is 0.917. The molecule has 3 atom stereocenters. The molecule has 0 saturated heterocycles. The number of halogens is 1. The minimum Gasteiger partial charge on any atom is -0.354 e. The summed E-state index contributed by atoms with van der Waals surface area (Å²) in [7, 11) is 0. The van der Waals surface area contributed by atoms with Gasteiger partial charge in [-0.1, -0.05) is 27.7 Å². The molecule has 1 aliphatic carbocycles. The summed E-state index contributed by atoms with van der Waals surface area (Å²) < 4.78 is 0. The number of hydrogen-bond acceptors (Lipinski definition) is 1. The zero-order chi connectivity index (χ0) is 11.6. The third-order valence-corrected chi connectivity index (χ3v) is 3.09. The highest BCUT2D eigenvalue weighted by molar-refractivity contribution is 6.20. The second kappa shape index (κ2) is 4.73. The van der Waals surface area contributed by atoms with E-state index in [1.807, 2.05) is 0 Å². The molecule has 3 unspecified atom stereocenters. The minimum atomic E-state index is 0.0445. The van der Waals surface area contributed by atoms with Crippen LogP contribution in [0.2, 0.25) is 0 Å². The van der Waals surface area contributed by atoms with E-state index in [0.29, 0.717) is 12.5 Å². The van der Waals surface area contributed by atoms with Crippen molar-refractivity contribution in [3.05, 3.63) is 0 Å². The number of alkyl halides is 1. The van der Waals surface area contributed by atoms with Crippen LogP contribution >= 0.6 is 11.6 Å². The lowest BCUT2D eigenvalue weighted by Gasteiger charge is -2.21. The van der Waals surface area contributed by atoms with Gasteiger partial charge in [0.1, 0.15) is 0 Å². The third kappa shape index (κ3) is 4.87. The predicted molar refractivity (Wildman–Crippen MR) is 64.0 cm³/mol. The van der Waals surface area contributed by atoms with E-state index in [0.717, 1.165) is 12.8 Å². The van der Waals surface area contributed by atoms with E-state index in [1.54, 1.807) is 0 Å². The number of amides is 1. The molecule has 1 N–H and O–H groups in total. The van der Waals surface area contributed by atoms with Crippen LogP contribution in [-0.4, -0.2) is 17.8 Å². The Morgan fingerprint density at radius 2 is 2.07 bits per heavy atom. The van der Waals surface area contributed by atoms with Gasteiger partial charge in [-0.3, -0.25) is 4.79 Å². The van der Waals surface area contributed by atoms with Crippen LogP contribution < -0.4 is 5.32 Å². The number of carbonyl (C=O) groups excluding carboxylic acids is 1. The maximum absolute atomic E-state index is 11.5. The molecule has 88 valence electrons. The molecular weight excluding hydrogens is 210 g/mol. The zero-order valence-corrected chi connectivity index (χ0v) is 10.9. The van der Waals surface area contributed by atoms with Gasteiger partial charge in [0, 0.05) is 12.5 Å². The number of rotatable bonds is 4. The first-order valence-electron chi connectivity index (χ1n) is 5.71. The van der Waals surface area contributed by atoms with E-state index in [1.165, 1.54) is 0 Å². The highest BCUT2D eigenvalue weighted by Gasteiger charge is 2.39. The SMILES string of the molecule is CC1CC1C(=O)NCC(Cl)CC(C)(C)C. The largest absolute Gasteiger partial charge is 0.354 e. The molecule has 1 amide bonds. The van der Waals surface area contributed by atoms with E-state index < -0.39 is 0 Å². The van der Waals surface area contributed by atoms with Gasteiger partial charge in [-0.15, -0.1) is 11.6 Å². The summed E-state index contributed by atoms with van der Waals surface area (Å²) in [6.45, 7) is 9.19. The molecular formula is C12H22ClNO. The lowest BCUT2D eigenvalue weighted by atomic mass is 9.90. The minimum absolute atomic E-state index is 0.0445. The van der Waals surface area contributed by atoms with Crippen LogP contribution in [0.25, 0.3) is 0 Å². The van der Waals surface area contributed by atoms with Gasteiger partial charge in [0.15, 0.2) is 0 Å². The summed E-state index contributed by atoms with van der Waals surface area (Å²) in [6, 6.07) is 0. The Morgan fingerprint density at radius 3 is 2.47 bits per heavy atom. The molecule has 1 saturated carbocycles. The van der Waals surface area contributed by atoms with Gasteiger partial charge >= 0.3 is 0 Å². The van der Waals surface area contributed by atoms with Gasteiger partial charge in [0.05, 0.1) is 5.38 Å². The van der Waals surface area contributed by atoms with Crippen molar-refractivity contribution in [2.24, 2.45) is 17.3 Å². The monoisotopic (exact) mass is 231 g/mol. The van der Waals surface area contributed by atoms with Crippen LogP contribution in [0.15, 0.2) is 0 Å². The van der Waals surface area contributed by atoms with Crippen LogP contribution in [0.1, 0.15) is 40.5 Å². The molecule has 15 heavy (non-hydrogen) atoms. The first-order chi connectivity index (χ1) is 6.79. The smallest absolute Gasteiger partial charge is 0.223 e. The number of carbonyl (C=O) groups is 1. The van der Waals surface area contributed by atoms with Crippen LogP contribution in [-0.2, 0) is 4.79 Å². The second-order valence-electron chi connectivity index (χ2n) is 5.93. The highest BCUT2D eigenvalue weighted by atomic mass is 35.5. The van der Waals surface area contributed by atoms with Gasteiger partial charge in [0.25, 0.3) is 0 Å². The average Bonchev–Trinajstić information content (AvgIpc) is 2.75. The molecule has 0 bridgehead atoms. The Hall–Kier alpha value is -0.240. The maximum Gasteiger partial charge on any atom is 0.223 e. The van der Waals surface area contributed by atoms with E-state index >= 15 is 0 Å². The molecule has 0 aliphatic heterocycles. The first kappa shape index (κ1) is 12.8. The third-order valence-electron chi connectivity index (χ3n) is 2.78. The Morgan fingerprint density at radius 1 is 1.53 bits per heavy atom. The van der Waals surface area contributed by atoms with Crippen LogP contribution in [0, 0.1) is 17.3 Å². The molecule has 0 aromatic rings. The van der Waals surface area contributed by atoms with Crippen LogP contribution in [0.3, 0.4) is 0 Å². The summed E-state index contributed by atoms with van der Waals surface area (Å²) in [5.74, 6) is 1.01. The molecule has 0 aromatic heterocycles. The first-order valence-corrected chi connectivity index (χ1v) is 6.15. The molecule has 3 heteroatoms. The molecule has 1 aliphatic rings. The van der Waals surface area contributed by atoms with E-state index in [9.17, 15) is 4.79 Å². The second-order valence-corrected chi connectivity index (χ2v) is 6.54. The number of nitrogens with one attached hydrogen (secondary N) is 1. The van der Waals surface area contributed by atoms with Crippen molar-refractivity contribution in [2.45, 2.75) is 45.9 Å². The van der Waals surface area contributed by atoms with Gasteiger partial charge in [-0.05, 0) is 24.2 Å². The summed E-state index contributed by atoms with van der Waals surface area (Å²) in [4.78, 5) is 11.5. The summed E-state index contributed by atoms with van der Waals surface area (Å²) in [6.07, 6.45) is 1.97. The van der Waals surface area contributed by atoms with E-state index in [2.05, 4.69) is 33.0 Å². The summed E-state index contributed by atoms with van der Waals surface area (Å²) in [5, 5.41) is 2.97. The van der Waals surface area contributed by atoms with Crippen molar-refractivity contribution in [1.29, 1.82) is 0 Å². The van der Waals surface area contributed by atoms with Crippen molar-refractivity contribution in [3.8, 4) is 0 Å². The van der Waals surface area contributed by atoms with Crippen molar-refractivity contribution in [2.75, 3.05) is 6.54 Å². The van der Waals surface area contributed by atoms with Crippen molar-refractivity contribution >= 4 is 17.5 Å². The summed E-state index contributed by atoms with van der Waals surface area (Å²) in [5.41, 5.74) is 0.226. The van der Waals surface area contributed by atoms with Gasteiger partial charge in [-0.25, -0.2) is 0 Å². The van der Waals surface area contributed by atoms with Gasteiger partial charge in [-0.2, -0.15) is 0 Å². The molecule has 1 fully saturated rings.